The molecule has 2 heterocycles. The van der Waals surface area contributed by atoms with E-state index in [0.717, 1.165) is 27.7 Å². The number of nitrogens with one attached hydrogen (secondary N) is 1. The molecule has 2 amide bonds. The minimum atomic E-state index is -0.713. The Balaban J connectivity index is 1.71. The standard InChI is InChI=1S/C28H26BrFN4O2/c1-4-18-11-17(5-7-23(18)30)12-19-9-10-32-16(3)26(15(19)2)34-28(36)22-14-25(27(31)35)33-24-8-6-20(29)13-21(22)24/h4-8,11,13-14,19H,1,9-10,12H2,2-3H3,(H2,31,35)(H,34,36). The van der Waals surface area contributed by atoms with Gasteiger partial charge in [0.2, 0.25) is 0 Å². The number of halogens is 2. The fraction of sp³-hybridized carbons (Fsp3) is 0.214. The van der Waals surface area contributed by atoms with Crippen LogP contribution in [0.1, 0.15) is 52.2 Å². The number of benzene rings is 2. The molecular weight excluding hydrogens is 523 g/mol. The zero-order valence-corrected chi connectivity index (χ0v) is 21.7. The first-order valence-corrected chi connectivity index (χ1v) is 12.3. The van der Waals surface area contributed by atoms with Crippen LogP contribution in [0.5, 0.6) is 0 Å². The lowest BCUT2D eigenvalue weighted by Gasteiger charge is -2.20. The summed E-state index contributed by atoms with van der Waals surface area (Å²) < 4.78 is 14.7. The van der Waals surface area contributed by atoms with E-state index in [1.165, 1.54) is 18.2 Å². The molecule has 0 spiro atoms. The Hall–Kier alpha value is -3.65. The van der Waals surface area contributed by atoms with Crippen molar-refractivity contribution in [3.63, 3.8) is 0 Å². The van der Waals surface area contributed by atoms with Gasteiger partial charge in [-0.25, -0.2) is 9.37 Å². The van der Waals surface area contributed by atoms with Gasteiger partial charge in [0.1, 0.15) is 11.5 Å². The summed E-state index contributed by atoms with van der Waals surface area (Å²) in [5.74, 6) is -1.31. The fourth-order valence-electron chi connectivity index (χ4n) is 4.47. The number of primary amides is 1. The van der Waals surface area contributed by atoms with Crippen LogP contribution in [0.15, 0.2) is 69.8 Å². The van der Waals surface area contributed by atoms with E-state index in [1.807, 2.05) is 13.8 Å². The van der Waals surface area contributed by atoms with Gasteiger partial charge in [0.05, 0.1) is 22.5 Å². The molecule has 36 heavy (non-hydrogen) atoms. The number of hydrogen-bond donors (Lipinski definition) is 2. The summed E-state index contributed by atoms with van der Waals surface area (Å²) in [6, 6.07) is 11.7. The Morgan fingerprint density at radius 2 is 2.00 bits per heavy atom. The van der Waals surface area contributed by atoms with E-state index < -0.39 is 5.91 Å². The molecule has 0 saturated heterocycles. The van der Waals surface area contributed by atoms with E-state index >= 15 is 0 Å². The van der Waals surface area contributed by atoms with Crippen molar-refractivity contribution in [2.75, 3.05) is 6.54 Å². The number of carbonyl (C=O) groups excluding carboxylic acids is 2. The summed E-state index contributed by atoms with van der Waals surface area (Å²) >= 11 is 3.44. The van der Waals surface area contributed by atoms with E-state index in [0.29, 0.717) is 35.1 Å². The van der Waals surface area contributed by atoms with Crippen LogP contribution < -0.4 is 11.1 Å². The molecule has 6 nitrogen and oxygen atoms in total. The number of nitrogens with zero attached hydrogens (tertiary/aromatic N) is 2. The van der Waals surface area contributed by atoms with Gasteiger partial charge in [-0.2, -0.15) is 0 Å². The first-order chi connectivity index (χ1) is 17.2. The van der Waals surface area contributed by atoms with Crippen molar-refractivity contribution in [2.45, 2.75) is 26.7 Å². The van der Waals surface area contributed by atoms with Crippen LogP contribution in [-0.4, -0.2) is 29.1 Å². The number of allylic oxidation sites excluding steroid dienone is 2. The number of rotatable bonds is 6. The normalized spacial score (nSPS) is 15.9. The molecule has 0 bridgehead atoms. The summed E-state index contributed by atoms with van der Waals surface area (Å²) in [5.41, 5.74) is 10.1. The monoisotopic (exact) mass is 548 g/mol. The highest BCUT2D eigenvalue weighted by Crippen LogP contribution is 2.28. The van der Waals surface area contributed by atoms with Crippen LogP contribution in [0.3, 0.4) is 0 Å². The lowest BCUT2D eigenvalue weighted by molar-refractivity contribution is 0.0968. The molecule has 1 atom stereocenters. The zero-order valence-electron chi connectivity index (χ0n) is 20.1. The van der Waals surface area contributed by atoms with Crippen molar-refractivity contribution < 1.29 is 14.0 Å². The second-order valence-corrected chi connectivity index (χ2v) is 9.73. The molecule has 8 heteroatoms. The summed E-state index contributed by atoms with van der Waals surface area (Å²) in [5, 5.41) is 3.63. The smallest absolute Gasteiger partial charge is 0.267 e. The Kier molecular flexibility index (Phi) is 7.45. The van der Waals surface area contributed by atoms with Crippen molar-refractivity contribution in [3.05, 3.63) is 93.0 Å². The van der Waals surface area contributed by atoms with Gasteiger partial charge in [0, 0.05) is 22.0 Å². The number of aromatic nitrogens is 1. The Labute approximate surface area is 217 Å². The Morgan fingerprint density at radius 3 is 2.72 bits per heavy atom. The topological polar surface area (TPSA) is 97.4 Å². The number of pyridine rings is 1. The maximum Gasteiger partial charge on any atom is 0.267 e. The van der Waals surface area contributed by atoms with Crippen LogP contribution in [0.4, 0.5) is 4.39 Å². The highest BCUT2D eigenvalue weighted by atomic mass is 79.9. The number of fused-ring (bicyclic) bond motifs is 1. The Morgan fingerprint density at radius 1 is 1.22 bits per heavy atom. The van der Waals surface area contributed by atoms with Gasteiger partial charge in [-0.05, 0) is 80.1 Å². The number of nitrogens with two attached hydrogens (primary N) is 1. The summed E-state index contributed by atoms with van der Waals surface area (Å²) in [7, 11) is 0. The average Bonchev–Trinajstić information content (AvgIpc) is 2.97. The van der Waals surface area contributed by atoms with Gasteiger partial charge < -0.3 is 11.1 Å². The van der Waals surface area contributed by atoms with Crippen molar-refractivity contribution in [2.24, 2.45) is 16.6 Å². The predicted molar refractivity (Wildman–Crippen MR) is 144 cm³/mol. The third-order valence-corrected chi connectivity index (χ3v) is 6.96. The van der Waals surface area contributed by atoms with Crippen LogP contribution in [0, 0.1) is 11.7 Å². The maximum absolute atomic E-state index is 13.9. The van der Waals surface area contributed by atoms with E-state index in [4.69, 9.17) is 5.73 Å². The molecule has 3 N–H and O–H groups in total. The van der Waals surface area contributed by atoms with Gasteiger partial charge >= 0.3 is 0 Å². The second-order valence-electron chi connectivity index (χ2n) is 8.81. The van der Waals surface area contributed by atoms with Gasteiger partial charge in [0.25, 0.3) is 11.8 Å². The average molecular weight is 549 g/mol. The first kappa shape index (κ1) is 25.4. The molecule has 184 valence electrons. The molecule has 0 fully saturated rings. The van der Waals surface area contributed by atoms with Crippen molar-refractivity contribution in [3.8, 4) is 0 Å². The third kappa shape index (κ3) is 5.28. The van der Waals surface area contributed by atoms with Crippen LogP contribution in [0.25, 0.3) is 17.0 Å². The highest BCUT2D eigenvalue weighted by Gasteiger charge is 2.23. The minimum absolute atomic E-state index is 0.0131. The quantitative estimate of drug-likeness (QED) is 0.419. The molecule has 2 aromatic carbocycles. The molecule has 3 aromatic rings. The van der Waals surface area contributed by atoms with E-state index in [1.54, 1.807) is 30.3 Å². The van der Waals surface area contributed by atoms with Crippen molar-refractivity contribution in [1.82, 2.24) is 10.3 Å². The van der Waals surface area contributed by atoms with Crippen LogP contribution in [-0.2, 0) is 6.42 Å². The largest absolute Gasteiger partial charge is 0.364 e. The van der Waals surface area contributed by atoms with Crippen LogP contribution in [0.2, 0.25) is 0 Å². The second kappa shape index (κ2) is 10.5. The molecule has 0 radical (unpaired) electrons. The van der Waals surface area contributed by atoms with Gasteiger partial charge in [-0.15, -0.1) is 0 Å². The number of hydrogen-bond acceptors (Lipinski definition) is 4. The number of carbonyl (C=O) groups is 2. The van der Waals surface area contributed by atoms with Crippen molar-refractivity contribution >= 4 is 50.4 Å². The zero-order chi connectivity index (χ0) is 26.0. The van der Waals surface area contributed by atoms with Gasteiger partial charge in [-0.3, -0.25) is 14.6 Å². The molecule has 1 aliphatic heterocycles. The van der Waals surface area contributed by atoms with Gasteiger partial charge in [0.15, 0.2) is 0 Å². The molecule has 1 unspecified atom stereocenters. The van der Waals surface area contributed by atoms with E-state index in [2.05, 4.69) is 37.8 Å². The molecule has 0 saturated carbocycles. The molecule has 1 aromatic heterocycles. The summed E-state index contributed by atoms with van der Waals surface area (Å²) in [6.45, 7) is 8.15. The maximum atomic E-state index is 13.9. The number of aliphatic imine (C=N–C) groups is 1. The predicted octanol–water partition coefficient (Wildman–Crippen LogP) is 5.61. The molecule has 4 rings (SSSR count). The van der Waals surface area contributed by atoms with E-state index in [9.17, 15) is 14.0 Å². The lowest BCUT2D eigenvalue weighted by atomic mass is 9.88. The fourth-order valence-corrected chi connectivity index (χ4v) is 4.83. The molecular formula is C28H26BrFN4O2. The first-order valence-electron chi connectivity index (χ1n) is 11.5. The Bertz CT molecular complexity index is 1460. The number of amides is 2. The SMILES string of the molecule is C=Cc1cc(CC2CCN=C(C)C(NC(=O)c3cc(C(N)=O)nc4ccc(Br)cc34)=C2C)ccc1F. The summed E-state index contributed by atoms with van der Waals surface area (Å²) in [6.07, 6.45) is 2.97. The molecule has 1 aliphatic rings. The third-order valence-electron chi connectivity index (χ3n) is 6.46. The summed E-state index contributed by atoms with van der Waals surface area (Å²) in [4.78, 5) is 34.3. The van der Waals surface area contributed by atoms with Gasteiger partial charge in [-0.1, -0.05) is 34.7 Å². The lowest BCUT2D eigenvalue weighted by Crippen LogP contribution is -2.29. The van der Waals surface area contributed by atoms with Crippen molar-refractivity contribution in [1.29, 1.82) is 0 Å². The molecule has 0 aliphatic carbocycles. The van der Waals surface area contributed by atoms with E-state index in [-0.39, 0.29) is 28.9 Å². The minimum Gasteiger partial charge on any atom is -0.364 e. The van der Waals surface area contributed by atoms with Crippen LogP contribution >= 0.6 is 15.9 Å². The highest BCUT2D eigenvalue weighted by molar-refractivity contribution is 9.10.